The van der Waals surface area contributed by atoms with Crippen LogP contribution in [0.3, 0.4) is 0 Å². The summed E-state index contributed by atoms with van der Waals surface area (Å²) in [7, 11) is 0. The van der Waals surface area contributed by atoms with Crippen LogP contribution in [0.25, 0.3) is 0 Å². The number of nitrogens with one attached hydrogen (secondary N) is 1. The zero-order valence-corrected chi connectivity index (χ0v) is 12.5. The van der Waals surface area contributed by atoms with Crippen LogP contribution in [0.2, 0.25) is 0 Å². The molecule has 1 aromatic heterocycles. The Hall–Kier alpha value is -0.760. The molecular weight excluding hydrogens is 234 g/mol. The molecule has 3 rings (SSSR count). The predicted octanol–water partition coefficient (Wildman–Crippen LogP) is 4.32. The van der Waals surface area contributed by atoms with Gasteiger partial charge in [-0.1, -0.05) is 20.8 Å². The average molecular weight is 261 g/mol. The summed E-state index contributed by atoms with van der Waals surface area (Å²) in [6.07, 6.45) is 5.30. The molecule has 19 heavy (non-hydrogen) atoms. The van der Waals surface area contributed by atoms with Crippen molar-refractivity contribution in [3.8, 4) is 0 Å². The second-order valence-corrected chi connectivity index (χ2v) is 6.97. The molecule has 1 heterocycles. The molecule has 5 atom stereocenters. The van der Waals surface area contributed by atoms with E-state index in [0.717, 1.165) is 30.1 Å². The van der Waals surface area contributed by atoms with E-state index in [-0.39, 0.29) is 0 Å². The molecule has 0 radical (unpaired) electrons. The van der Waals surface area contributed by atoms with E-state index >= 15 is 0 Å². The lowest BCUT2D eigenvalue weighted by molar-refractivity contribution is 0.222. The van der Waals surface area contributed by atoms with Crippen molar-refractivity contribution in [2.75, 3.05) is 0 Å². The Bertz CT molecular complexity index is 425. The van der Waals surface area contributed by atoms with Crippen molar-refractivity contribution in [1.29, 1.82) is 0 Å². The van der Waals surface area contributed by atoms with Crippen molar-refractivity contribution < 1.29 is 4.42 Å². The highest BCUT2D eigenvalue weighted by Gasteiger charge is 2.36. The standard InChI is InChI=1S/C17H27NO/c1-11-4-5-14(8-12(11)2)18-10-15-6-7-17(19-15)16-9-13(16)3/h6-7,11-14,16,18H,4-5,8-10H2,1-3H3. The molecule has 0 aromatic carbocycles. The van der Waals surface area contributed by atoms with E-state index in [4.69, 9.17) is 4.42 Å². The highest BCUT2D eigenvalue weighted by Crippen LogP contribution is 2.47. The van der Waals surface area contributed by atoms with Gasteiger partial charge in [-0.15, -0.1) is 0 Å². The van der Waals surface area contributed by atoms with Crippen molar-refractivity contribution in [1.82, 2.24) is 5.32 Å². The van der Waals surface area contributed by atoms with Crippen molar-refractivity contribution >= 4 is 0 Å². The van der Waals surface area contributed by atoms with Crippen LogP contribution in [0.5, 0.6) is 0 Å². The van der Waals surface area contributed by atoms with E-state index in [1.54, 1.807) is 0 Å². The molecule has 106 valence electrons. The Balaban J connectivity index is 1.48. The maximum atomic E-state index is 5.95. The molecule has 2 aliphatic carbocycles. The Kier molecular flexibility index (Phi) is 3.70. The smallest absolute Gasteiger partial charge is 0.117 e. The van der Waals surface area contributed by atoms with Gasteiger partial charge in [-0.05, 0) is 55.6 Å². The predicted molar refractivity (Wildman–Crippen MR) is 78.0 cm³/mol. The minimum absolute atomic E-state index is 0.680. The second-order valence-electron chi connectivity index (χ2n) is 6.97. The number of hydrogen-bond acceptors (Lipinski definition) is 2. The summed E-state index contributed by atoms with van der Waals surface area (Å²) in [6, 6.07) is 5.01. The van der Waals surface area contributed by atoms with Gasteiger partial charge >= 0.3 is 0 Å². The lowest BCUT2D eigenvalue weighted by atomic mass is 9.79. The summed E-state index contributed by atoms with van der Waals surface area (Å²) in [5.41, 5.74) is 0. The van der Waals surface area contributed by atoms with Gasteiger partial charge < -0.3 is 9.73 Å². The van der Waals surface area contributed by atoms with E-state index in [2.05, 4.69) is 38.2 Å². The van der Waals surface area contributed by atoms with Crippen LogP contribution in [-0.2, 0) is 6.54 Å². The molecule has 2 aliphatic rings. The number of rotatable bonds is 4. The first-order valence-electron chi connectivity index (χ1n) is 7.95. The monoisotopic (exact) mass is 261 g/mol. The Morgan fingerprint density at radius 1 is 1.05 bits per heavy atom. The SMILES string of the molecule is CC1CCC(NCc2ccc(C3CC3C)o2)CC1C. The minimum Gasteiger partial charge on any atom is -0.464 e. The Morgan fingerprint density at radius 2 is 1.84 bits per heavy atom. The molecular formula is C17H27NO. The van der Waals surface area contributed by atoms with Crippen LogP contribution in [0.15, 0.2) is 16.5 Å². The Labute approximate surface area is 117 Å². The molecule has 1 aromatic rings. The fraction of sp³-hybridized carbons (Fsp3) is 0.765. The third kappa shape index (κ3) is 3.05. The van der Waals surface area contributed by atoms with Crippen molar-refractivity contribution in [2.24, 2.45) is 17.8 Å². The number of furan rings is 1. The van der Waals surface area contributed by atoms with Crippen molar-refractivity contribution in [3.63, 3.8) is 0 Å². The summed E-state index contributed by atoms with van der Waals surface area (Å²) in [5, 5.41) is 3.68. The van der Waals surface area contributed by atoms with Gasteiger partial charge in [0.05, 0.1) is 6.54 Å². The van der Waals surface area contributed by atoms with Crippen LogP contribution >= 0.6 is 0 Å². The van der Waals surface area contributed by atoms with E-state index < -0.39 is 0 Å². The summed E-state index contributed by atoms with van der Waals surface area (Å²) < 4.78 is 5.95. The van der Waals surface area contributed by atoms with Gasteiger partial charge in [0.2, 0.25) is 0 Å². The van der Waals surface area contributed by atoms with Gasteiger partial charge in [0.15, 0.2) is 0 Å². The molecule has 1 N–H and O–H groups in total. The van der Waals surface area contributed by atoms with Crippen molar-refractivity contribution in [2.45, 2.75) is 65.0 Å². The molecule has 5 unspecified atom stereocenters. The van der Waals surface area contributed by atoms with E-state index in [9.17, 15) is 0 Å². The first-order chi connectivity index (χ1) is 9.13. The van der Waals surface area contributed by atoms with Gasteiger partial charge in [-0.3, -0.25) is 0 Å². The van der Waals surface area contributed by atoms with Crippen LogP contribution in [-0.4, -0.2) is 6.04 Å². The van der Waals surface area contributed by atoms with Crippen LogP contribution in [0.1, 0.15) is 63.9 Å². The highest BCUT2D eigenvalue weighted by atomic mass is 16.3. The average Bonchev–Trinajstić information content (AvgIpc) is 2.94. The first-order valence-corrected chi connectivity index (χ1v) is 7.95. The summed E-state index contributed by atoms with van der Waals surface area (Å²) in [4.78, 5) is 0. The normalized spacial score (nSPS) is 38.4. The lowest BCUT2D eigenvalue weighted by Crippen LogP contribution is -2.35. The van der Waals surface area contributed by atoms with Gasteiger partial charge in [0.25, 0.3) is 0 Å². The first kappa shape index (κ1) is 13.2. The van der Waals surface area contributed by atoms with Crippen LogP contribution in [0, 0.1) is 17.8 Å². The molecule has 2 heteroatoms. The van der Waals surface area contributed by atoms with Crippen LogP contribution in [0.4, 0.5) is 0 Å². The lowest BCUT2D eigenvalue weighted by Gasteiger charge is -2.32. The molecule has 0 bridgehead atoms. The van der Waals surface area contributed by atoms with Crippen molar-refractivity contribution in [3.05, 3.63) is 23.7 Å². The summed E-state index contributed by atoms with van der Waals surface area (Å²) in [6.45, 7) is 7.97. The topological polar surface area (TPSA) is 25.2 Å². The van der Waals surface area contributed by atoms with Gasteiger partial charge in [-0.2, -0.15) is 0 Å². The third-order valence-corrected chi connectivity index (χ3v) is 5.32. The van der Waals surface area contributed by atoms with Gasteiger partial charge in [0.1, 0.15) is 11.5 Å². The van der Waals surface area contributed by atoms with Crippen LogP contribution < -0.4 is 5.32 Å². The number of hydrogen-bond donors (Lipinski definition) is 1. The fourth-order valence-corrected chi connectivity index (χ4v) is 3.39. The maximum Gasteiger partial charge on any atom is 0.117 e. The van der Waals surface area contributed by atoms with E-state index in [1.165, 1.54) is 31.4 Å². The zero-order chi connectivity index (χ0) is 13.4. The van der Waals surface area contributed by atoms with E-state index in [0.29, 0.717) is 12.0 Å². The molecule has 2 saturated carbocycles. The third-order valence-electron chi connectivity index (χ3n) is 5.32. The molecule has 2 nitrogen and oxygen atoms in total. The van der Waals surface area contributed by atoms with Gasteiger partial charge in [-0.25, -0.2) is 0 Å². The summed E-state index contributed by atoms with van der Waals surface area (Å²) in [5.74, 6) is 5.59. The summed E-state index contributed by atoms with van der Waals surface area (Å²) >= 11 is 0. The Morgan fingerprint density at radius 3 is 2.53 bits per heavy atom. The maximum absolute atomic E-state index is 5.95. The molecule has 0 spiro atoms. The van der Waals surface area contributed by atoms with Gasteiger partial charge in [0, 0.05) is 12.0 Å². The zero-order valence-electron chi connectivity index (χ0n) is 12.5. The van der Waals surface area contributed by atoms with E-state index in [1.807, 2.05) is 0 Å². The molecule has 2 fully saturated rings. The fourth-order valence-electron chi connectivity index (χ4n) is 3.39. The molecule has 0 saturated heterocycles. The second kappa shape index (κ2) is 5.32. The molecule has 0 amide bonds. The molecule has 0 aliphatic heterocycles. The highest BCUT2D eigenvalue weighted by molar-refractivity contribution is 5.17. The quantitative estimate of drug-likeness (QED) is 0.873. The minimum atomic E-state index is 0.680. The largest absolute Gasteiger partial charge is 0.464 e.